The molecule has 2 rings (SSSR count). The van der Waals surface area contributed by atoms with E-state index in [1.165, 1.54) is 6.07 Å². The molecule has 0 radical (unpaired) electrons. The summed E-state index contributed by atoms with van der Waals surface area (Å²) in [4.78, 5) is 11.3. The van der Waals surface area contributed by atoms with E-state index in [0.717, 1.165) is 16.2 Å². The zero-order valence-electron chi connectivity index (χ0n) is 9.88. The molecule has 19 heavy (non-hydrogen) atoms. The Labute approximate surface area is 119 Å². The highest BCUT2D eigenvalue weighted by atomic mass is 35.5. The second kappa shape index (κ2) is 7.10. The molecule has 0 aliphatic rings. The molecule has 0 bridgehead atoms. The standard InChI is InChI=1S/C11H12FN3O2S.ClH/c12-9-2-1-8(18-9)7-13-10-3-5-15(14-10)6-4-11(16)17;/h1-3,5H,4,6-7H2,(H,13,14)(H,16,17);1H. The first-order chi connectivity index (χ1) is 8.63. The molecular formula is C11H13ClFN3O2S. The summed E-state index contributed by atoms with van der Waals surface area (Å²) in [5.74, 6) is -0.205. The third kappa shape index (κ3) is 4.88. The first-order valence-corrected chi connectivity index (χ1v) is 6.18. The van der Waals surface area contributed by atoms with Gasteiger partial charge in [-0.3, -0.25) is 9.48 Å². The van der Waals surface area contributed by atoms with Crippen molar-refractivity contribution in [1.29, 1.82) is 0 Å². The molecule has 0 saturated carbocycles. The summed E-state index contributed by atoms with van der Waals surface area (Å²) in [6.07, 6.45) is 1.75. The second-order valence-corrected chi connectivity index (χ2v) is 4.79. The van der Waals surface area contributed by atoms with Crippen molar-refractivity contribution in [3.63, 3.8) is 0 Å². The van der Waals surface area contributed by atoms with Crippen molar-refractivity contribution in [3.8, 4) is 0 Å². The number of nitrogens with zero attached hydrogens (tertiary/aromatic N) is 2. The SMILES string of the molecule is Cl.O=C(O)CCn1ccc(NCc2ccc(F)s2)n1. The van der Waals surface area contributed by atoms with Gasteiger partial charge in [0.25, 0.3) is 0 Å². The Kier molecular flexibility index (Phi) is 5.78. The summed E-state index contributed by atoms with van der Waals surface area (Å²) in [6, 6.07) is 4.90. The normalized spacial score (nSPS) is 9.95. The lowest BCUT2D eigenvalue weighted by atomic mass is 10.4. The van der Waals surface area contributed by atoms with Gasteiger partial charge in [0.1, 0.15) is 5.82 Å². The third-order valence-corrected chi connectivity index (χ3v) is 3.14. The Morgan fingerprint density at radius 2 is 2.26 bits per heavy atom. The van der Waals surface area contributed by atoms with E-state index in [1.54, 1.807) is 23.0 Å². The number of hydrogen-bond acceptors (Lipinski definition) is 4. The van der Waals surface area contributed by atoms with Gasteiger partial charge >= 0.3 is 5.97 Å². The van der Waals surface area contributed by atoms with E-state index >= 15 is 0 Å². The monoisotopic (exact) mass is 305 g/mol. The number of thiophene rings is 1. The highest BCUT2D eigenvalue weighted by molar-refractivity contribution is 7.10. The van der Waals surface area contributed by atoms with Crippen molar-refractivity contribution in [2.24, 2.45) is 0 Å². The van der Waals surface area contributed by atoms with Crippen LogP contribution in [0.25, 0.3) is 0 Å². The number of hydrogen-bond donors (Lipinski definition) is 2. The molecule has 5 nitrogen and oxygen atoms in total. The van der Waals surface area contributed by atoms with Crippen LogP contribution in [0.3, 0.4) is 0 Å². The van der Waals surface area contributed by atoms with E-state index in [-0.39, 0.29) is 24.0 Å². The molecule has 2 N–H and O–H groups in total. The summed E-state index contributed by atoms with van der Waals surface area (Å²) in [6.45, 7) is 0.842. The number of halogens is 2. The van der Waals surface area contributed by atoms with Gasteiger partial charge in [-0.1, -0.05) is 0 Å². The molecule has 0 unspecified atom stereocenters. The van der Waals surface area contributed by atoms with E-state index in [1.807, 2.05) is 0 Å². The molecule has 0 atom stereocenters. The van der Waals surface area contributed by atoms with Gasteiger partial charge in [-0.25, -0.2) is 0 Å². The van der Waals surface area contributed by atoms with Crippen molar-refractivity contribution in [1.82, 2.24) is 9.78 Å². The Hall–Kier alpha value is -1.60. The maximum atomic E-state index is 12.7. The summed E-state index contributed by atoms with van der Waals surface area (Å²) in [5, 5.41) is 15.5. The molecule has 8 heteroatoms. The van der Waals surface area contributed by atoms with Gasteiger partial charge in [0.15, 0.2) is 5.13 Å². The third-order valence-electron chi connectivity index (χ3n) is 2.27. The maximum Gasteiger partial charge on any atom is 0.305 e. The Morgan fingerprint density at radius 1 is 1.47 bits per heavy atom. The Bertz CT molecular complexity index is 544. The van der Waals surface area contributed by atoms with Crippen molar-refractivity contribution < 1.29 is 14.3 Å². The number of aromatic nitrogens is 2. The maximum absolute atomic E-state index is 12.7. The van der Waals surface area contributed by atoms with Gasteiger partial charge < -0.3 is 10.4 Å². The largest absolute Gasteiger partial charge is 0.481 e. The van der Waals surface area contributed by atoms with Crippen LogP contribution in [0.2, 0.25) is 0 Å². The molecule has 0 amide bonds. The van der Waals surface area contributed by atoms with Crippen molar-refractivity contribution in [2.75, 3.05) is 5.32 Å². The van der Waals surface area contributed by atoms with Crippen molar-refractivity contribution in [2.45, 2.75) is 19.5 Å². The van der Waals surface area contributed by atoms with E-state index in [9.17, 15) is 9.18 Å². The lowest BCUT2D eigenvalue weighted by Crippen LogP contribution is -2.06. The fraction of sp³-hybridized carbons (Fsp3) is 0.273. The van der Waals surface area contributed by atoms with Crippen LogP contribution in [0.1, 0.15) is 11.3 Å². The van der Waals surface area contributed by atoms with Crippen LogP contribution in [0.5, 0.6) is 0 Å². The summed E-state index contributed by atoms with van der Waals surface area (Å²) in [7, 11) is 0. The molecule has 0 spiro atoms. The number of carboxylic acid groups (broad SMARTS) is 1. The minimum absolute atomic E-state index is 0. The minimum atomic E-state index is -0.853. The fourth-order valence-electron chi connectivity index (χ4n) is 1.42. The summed E-state index contributed by atoms with van der Waals surface area (Å²) in [5.41, 5.74) is 0. The lowest BCUT2D eigenvalue weighted by Gasteiger charge is -2.00. The van der Waals surface area contributed by atoms with Gasteiger partial charge in [0, 0.05) is 17.1 Å². The molecule has 0 aliphatic carbocycles. The van der Waals surface area contributed by atoms with Crippen molar-refractivity contribution >= 4 is 35.5 Å². The van der Waals surface area contributed by atoms with Crippen LogP contribution in [0, 0.1) is 5.13 Å². The van der Waals surface area contributed by atoms with Crippen LogP contribution in [-0.2, 0) is 17.9 Å². The van der Waals surface area contributed by atoms with E-state index < -0.39 is 5.97 Å². The quantitative estimate of drug-likeness (QED) is 0.861. The number of carbonyl (C=O) groups is 1. The lowest BCUT2D eigenvalue weighted by molar-refractivity contribution is -0.137. The zero-order chi connectivity index (χ0) is 13.0. The highest BCUT2D eigenvalue weighted by Crippen LogP contribution is 2.15. The molecule has 2 heterocycles. The number of nitrogens with one attached hydrogen (secondary N) is 1. The van der Waals surface area contributed by atoms with Crippen LogP contribution in [-0.4, -0.2) is 20.9 Å². The topological polar surface area (TPSA) is 67.2 Å². The van der Waals surface area contributed by atoms with Gasteiger partial charge in [0.2, 0.25) is 0 Å². The Balaban J connectivity index is 0.00000180. The predicted molar refractivity (Wildman–Crippen MR) is 73.3 cm³/mol. The molecule has 2 aromatic rings. The van der Waals surface area contributed by atoms with E-state index in [0.29, 0.717) is 18.9 Å². The van der Waals surface area contributed by atoms with E-state index in [4.69, 9.17) is 5.11 Å². The molecule has 104 valence electrons. The summed E-state index contributed by atoms with van der Waals surface area (Å²) < 4.78 is 14.3. The molecule has 2 aromatic heterocycles. The van der Waals surface area contributed by atoms with Crippen LogP contribution in [0.4, 0.5) is 10.2 Å². The second-order valence-electron chi connectivity index (χ2n) is 3.67. The van der Waals surface area contributed by atoms with Gasteiger partial charge in [-0.05, 0) is 12.1 Å². The number of carboxylic acids is 1. The molecule has 0 aromatic carbocycles. The first-order valence-electron chi connectivity index (χ1n) is 5.37. The van der Waals surface area contributed by atoms with Gasteiger partial charge in [0.05, 0.1) is 19.5 Å². The van der Waals surface area contributed by atoms with Crippen LogP contribution < -0.4 is 5.32 Å². The molecule has 0 saturated heterocycles. The van der Waals surface area contributed by atoms with E-state index in [2.05, 4.69) is 10.4 Å². The molecule has 0 aliphatic heterocycles. The zero-order valence-corrected chi connectivity index (χ0v) is 11.5. The smallest absolute Gasteiger partial charge is 0.305 e. The number of aryl methyl sites for hydroxylation is 1. The van der Waals surface area contributed by atoms with Crippen LogP contribution >= 0.6 is 23.7 Å². The number of aliphatic carboxylic acids is 1. The average molecular weight is 306 g/mol. The number of anilines is 1. The van der Waals surface area contributed by atoms with Gasteiger partial charge in [-0.2, -0.15) is 9.49 Å². The van der Waals surface area contributed by atoms with Gasteiger partial charge in [-0.15, -0.1) is 23.7 Å². The van der Waals surface area contributed by atoms with Crippen molar-refractivity contribution in [3.05, 3.63) is 34.4 Å². The van der Waals surface area contributed by atoms with Crippen LogP contribution in [0.15, 0.2) is 24.4 Å². The first kappa shape index (κ1) is 15.5. The molecule has 0 fully saturated rings. The minimum Gasteiger partial charge on any atom is -0.481 e. The fourth-order valence-corrected chi connectivity index (χ4v) is 2.08. The highest BCUT2D eigenvalue weighted by Gasteiger charge is 2.03. The number of rotatable bonds is 6. The summed E-state index contributed by atoms with van der Waals surface area (Å²) >= 11 is 1.09. The Morgan fingerprint density at radius 3 is 2.89 bits per heavy atom. The molecular weight excluding hydrogens is 293 g/mol. The predicted octanol–water partition coefficient (Wildman–Crippen LogP) is 2.59. The average Bonchev–Trinajstić information content (AvgIpc) is 2.93.